The molecule has 2 saturated heterocycles. The number of carbonyl (C=O) groups excluding carboxylic acids is 4. The van der Waals surface area contributed by atoms with E-state index in [9.17, 15) is 19.2 Å². The van der Waals surface area contributed by atoms with Gasteiger partial charge in [0.05, 0.1) is 18.0 Å². The van der Waals surface area contributed by atoms with Crippen molar-refractivity contribution in [1.29, 1.82) is 0 Å². The van der Waals surface area contributed by atoms with Crippen molar-refractivity contribution in [2.75, 3.05) is 32.7 Å². The monoisotopic (exact) mass is 637 g/mol. The van der Waals surface area contributed by atoms with Crippen LogP contribution < -0.4 is 5.32 Å². The molecule has 4 heterocycles. The highest BCUT2D eigenvalue weighted by Crippen LogP contribution is 2.28. The molecule has 10 nitrogen and oxygen atoms in total. The molecule has 246 valence electrons. The third kappa shape index (κ3) is 6.82. The summed E-state index contributed by atoms with van der Waals surface area (Å²) >= 11 is 0. The van der Waals surface area contributed by atoms with Crippen molar-refractivity contribution in [3.05, 3.63) is 95.1 Å². The van der Waals surface area contributed by atoms with Crippen LogP contribution in [0.4, 0.5) is 0 Å². The Morgan fingerprint density at radius 3 is 2.40 bits per heavy atom. The number of para-hydroxylation sites is 1. The highest BCUT2D eigenvalue weighted by Gasteiger charge is 2.43. The molecular weight excluding hydrogens is 594 g/mol. The molecule has 2 atom stereocenters. The molecule has 0 aliphatic carbocycles. The SMILES string of the molecule is Cc1cc(C(=O)N2CCCCNC(=O)[C@@H]3C[C@@H](CN3C(=O)Cc3cn(C)c4ccccc34)N(C(=O)c3ccccc3)CCC2)c(C)o1. The summed E-state index contributed by atoms with van der Waals surface area (Å²) in [5.74, 6) is 0.686. The van der Waals surface area contributed by atoms with Gasteiger partial charge in [0.25, 0.3) is 11.8 Å². The van der Waals surface area contributed by atoms with E-state index in [0.717, 1.165) is 16.5 Å². The summed E-state index contributed by atoms with van der Waals surface area (Å²) in [6, 6.07) is 17.8. The van der Waals surface area contributed by atoms with Gasteiger partial charge in [0, 0.05) is 62.4 Å². The fraction of sp³-hybridized carbons (Fsp3) is 0.405. The van der Waals surface area contributed by atoms with Crippen LogP contribution in [-0.4, -0.2) is 87.7 Å². The Bertz CT molecular complexity index is 1780. The van der Waals surface area contributed by atoms with E-state index in [0.29, 0.717) is 74.5 Å². The van der Waals surface area contributed by atoms with Crippen LogP contribution in [0.2, 0.25) is 0 Å². The van der Waals surface area contributed by atoms with E-state index in [2.05, 4.69) is 5.32 Å². The molecule has 4 amide bonds. The molecule has 10 heteroatoms. The van der Waals surface area contributed by atoms with Gasteiger partial charge in [0.1, 0.15) is 17.6 Å². The number of amides is 4. The number of likely N-dealkylation sites (tertiary alicyclic amines) is 1. The zero-order chi connectivity index (χ0) is 33.1. The summed E-state index contributed by atoms with van der Waals surface area (Å²) < 4.78 is 7.66. The summed E-state index contributed by atoms with van der Waals surface area (Å²) in [5, 5.41) is 4.06. The first-order valence-electron chi connectivity index (χ1n) is 16.5. The third-order valence-corrected chi connectivity index (χ3v) is 9.49. The van der Waals surface area contributed by atoms with Crippen LogP contribution >= 0.6 is 0 Å². The van der Waals surface area contributed by atoms with E-state index in [1.165, 1.54) is 0 Å². The van der Waals surface area contributed by atoms with Crippen molar-refractivity contribution < 1.29 is 23.6 Å². The highest BCUT2D eigenvalue weighted by atomic mass is 16.3. The van der Waals surface area contributed by atoms with Crippen LogP contribution in [0, 0.1) is 13.8 Å². The zero-order valence-corrected chi connectivity index (χ0v) is 27.4. The number of rotatable bonds is 4. The molecule has 2 fully saturated rings. The second kappa shape index (κ2) is 13.9. The maximum absolute atomic E-state index is 14.0. The molecule has 1 N–H and O–H groups in total. The molecule has 6 rings (SSSR count). The standard InChI is InChI=1S/C37H43N5O5/c1-25-20-31(26(2)47-25)37(46)40-17-10-9-16-38-35(44)33-22-29(41(19-11-18-40)36(45)27-12-5-4-6-13-27)24-42(33)34(43)21-28-23-39(3)32-15-8-7-14-30(28)32/h4-8,12-15,20,23,29,33H,9-11,16-19,21-22,24H2,1-3H3,(H,38,44)/t29-,33-/m0/s1. The van der Waals surface area contributed by atoms with Crippen molar-refractivity contribution in [2.24, 2.45) is 7.05 Å². The molecule has 47 heavy (non-hydrogen) atoms. The quantitative estimate of drug-likeness (QED) is 0.355. The summed E-state index contributed by atoms with van der Waals surface area (Å²) in [5.41, 5.74) is 3.05. The summed E-state index contributed by atoms with van der Waals surface area (Å²) in [7, 11) is 1.96. The van der Waals surface area contributed by atoms with Crippen LogP contribution in [0.1, 0.15) is 63.5 Å². The van der Waals surface area contributed by atoms with Crippen molar-refractivity contribution in [1.82, 2.24) is 24.6 Å². The molecule has 0 spiro atoms. The first-order chi connectivity index (χ1) is 22.7. The van der Waals surface area contributed by atoms with Crippen molar-refractivity contribution >= 4 is 34.5 Å². The van der Waals surface area contributed by atoms with Gasteiger partial charge in [-0.25, -0.2) is 0 Å². The Hall–Kier alpha value is -4.86. The van der Waals surface area contributed by atoms with Gasteiger partial charge in [-0.05, 0) is 69.4 Å². The Kier molecular flexibility index (Phi) is 9.47. The Balaban J connectivity index is 1.27. The number of carbonyl (C=O) groups is 4. The van der Waals surface area contributed by atoms with E-state index >= 15 is 0 Å². The molecule has 0 unspecified atom stereocenters. The zero-order valence-electron chi connectivity index (χ0n) is 27.4. The predicted molar refractivity (Wildman–Crippen MR) is 179 cm³/mol. The number of hydrogen-bond acceptors (Lipinski definition) is 5. The van der Waals surface area contributed by atoms with Crippen LogP contribution in [0.5, 0.6) is 0 Å². The number of nitrogens with one attached hydrogen (secondary N) is 1. The highest BCUT2D eigenvalue weighted by molar-refractivity contribution is 5.96. The van der Waals surface area contributed by atoms with Gasteiger partial charge < -0.3 is 29.0 Å². The third-order valence-electron chi connectivity index (χ3n) is 9.49. The van der Waals surface area contributed by atoms with Crippen molar-refractivity contribution in [2.45, 2.75) is 58.0 Å². The minimum atomic E-state index is -0.679. The molecular formula is C37H43N5O5. The Morgan fingerprint density at radius 1 is 0.894 bits per heavy atom. The average Bonchev–Trinajstić information content (AvgIpc) is 3.76. The second-order valence-electron chi connectivity index (χ2n) is 12.7. The molecule has 0 saturated carbocycles. The normalized spacial score (nSPS) is 19.5. The van der Waals surface area contributed by atoms with Gasteiger partial charge in [-0.15, -0.1) is 0 Å². The predicted octanol–water partition coefficient (Wildman–Crippen LogP) is 4.49. The minimum Gasteiger partial charge on any atom is -0.466 e. The number of fused-ring (bicyclic) bond motifs is 3. The van der Waals surface area contributed by atoms with Crippen molar-refractivity contribution in [3.8, 4) is 0 Å². The van der Waals surface area contributed by atoms with E-state index in [-0.39, 0.29) is 42.6 Å². The molecule has 2 aliphatic heterocycles. The maximum Gasteiger partial charge on any atom is 0.257 e. The average molecular weight is 638 g/mol. The fourth-order valence-electron chi connectivity index (χ4n) is 7.11. The van der Waals surface area contributed by atoms with E-state index in [4.69, 9.17) is 4.42 Å². The number of nitrogens with zero attached hydrogens (tertiary/aromatic N) is 4. The topological polar surface area (TPSA) is 108 Å². The lowest BCUT2D eigenvalue weighted by molar-refractivity contribution is -0.138. The summed E-state index contributed by atoms with van der Waals surface area (Å²) in [6.07, 6.45) is 4.43. The minimum absolute atomic E-state index is 0.0949. The van der Waals surface area contributed by atoms with Crippen LogP contribution in [0.3, 0.4) is 0 Å². The summed E-state index contributed by atoms with van der Waals surface area (Å²) in [4.78, 5) is 60.6. The van der Waals surface area contributed by atoms with E-state index in [1.807, 2.05) is 77.0 Å². The van der Waals surface area contributed by atoms with E-state index in [1.54, 1.807) is 30.0 Å². The van der Waals surface area contributed by atoms with Gasteiger partial charge in [0.2, 0.25) is 11.8 Å². The second-order valence-corrected chi connectivity index (χ2v) is 12.7. The van der Waals surface area contributed by atoms with Gasteiger partial charge >= 0.3 is 0 Å². The number of aromatic nitrogens is 1. The fourth-order valence-corrected chi connectivity index (χ4v) is 7.11. The molecule has 4 aromatic rings. The first-order valence-corrected chi connectivity index (χ1v) is 16.5. The Labute approximate surface area is 275 Å². The van der Waals surface area contributed by atoms with Crippen LogP contribution in [0.25, 0.3) is 10.9 Å². The lowest BCUT2D eigenvalue weighted by Gasteiger charge is -2.31. The van der Waals surface area contributed by atoms with E-state index < -0.39 is 6.04 Å². The van der Waals surface area contributed by atoms with Gasteiger partial charge in [-0.3, -0.25) is 19.2 Å². The number of hydrogen-bond donors (Lipinski definition) is 1. The molecule has 2 aliphatic rings. The lowest BCUT2D eigenvalue weighted by atomic mass is 10.1. The molecule has 2 aromatic heterocycles. The molecule has 2 bridgehead atoms. The maximum atomic E-state index is 14.0. The number of aryl methyl sites for hydroxylation is 3. The van der Waals surface area contributed by atoms with Gasteiger partial charge in [-0.1, -0.05) is 36.4 Å². The van der Waals surface area contributed by atoms with Crippen LogP contribution in [-0.2, 0) is 23.1 Å². The number of benzene rings is 2. The first kappa shape index (κ1) is 32.1. The Morgan fingerprint density at radius 2 is 1.64 bits per heavy atom. The van der Waals surface area contributed by atoms with Crippen LogP contribution in [0.15, 0.2) is 71.3 Å². The van der Waals surface area contributed by atoms with Crippen molar-refractivity contribution in [3.63, 3.8) is 0 Å². The smallest absolute Gasteiger partial charge is 0.257 e. The number of furan rings is 1. The summed E-state index contributed by atoms with van der Waals surface area (Å²) in [6.45, 7) is 5.68. The molecule has 0 radical (unpaired) electrons. The molecule has 2 aromatic carbocycles. The lowest BCUT2D eigenvalue weighted by Crippen LogP contribution is -2.47. The van der Waals surface area contributed by atoms with Gasteiger partial charge in [0.15, 0.2) is 0 Å². The largest absolute Gasteiger partial charge is 0.466 e. The van der Waals surface area contributed by atoms with Gasteiger partial charge in [-0.2, -0.15) is 0 Å².